The minimum atomic E-state index is 0.222. The Bertz CT molecular complexity index is 397. The van der Waals surface area contributed by atoms with E-state index in [-0.39, 0.29) is 12.6 Å². The molecule has 100 valence electrons. The average Bonchev–Trinajstić information content (AvgIpc) is 2.59. The monoisotopic (exact) mass is 268 g/mol. The molecule has 1 unspecified atom stereocenters. The molecule has 0 aliphatic carbocycles. The number of hydrogen-bond acceptors (Lipinski definition) is 3. The first-order chi connectivity index (χ1) is 8.70. The zero-order chi connectivity index (χ0) is 13.0. The average molecular weight is 269 g/mol. The van der Waals surface area contributed by atoms with Crippen molar-refractivity contribution in [2.75, 3.05) is 18.9 Å². The molecule has 1 aromatic rings. The van der Waals surface area contributed by atoms with Crippen LogP contribution in [-0.2, 0) is 6.54 Å². The summed E-state index contributed by atoms with van der Waals surface area (Å²) in [7, 11) is 0. The predicted octanol–water partition coefficient (Wildman–Crippen LogP) is 2.66. The Morgan fingerprint density at radius 3 is 2.94 bits per heavy atom. The molecule has 1 aliphatic heterocycles. The summed E-state index contributed by atoms with van der Waals surface area (Å²) in [6.07, 6.45) is 4.71. The minimum absolute atomic E-state index is 0.222. The Kier molecular flexibility index (Phi) is 4.87. The number of likely N-dealkylation sites (tertiary alicyclic amines) is 1. The first kappa shape index (κ1) is 13.7. The molecular formula is C14H21ClN2O. The van der Waals surface area contributed by atoms with Gasteiger partial charge in [-0.05, 0) is 43.1 Å². The lowest BCUT2D eigenvalue weighted by Crippen LogP contribution is -2.37. The molecule has 3 N–H and O–H groups in total. The second-order valence-electron chi connectivity index (χ2n) is 5.01. The molecule has 0 spiro atoms. The summed E-state index contributed by atoms with van der Waals surface area (Å²) in [6.45, 7) is 2.02. The number of aliphatic hydroxyl groups is 1. The summed E-state index contributed by atoms with van der Waals surface area (Å²) in [5.41, 5.74) is 7.60. The van der Waals surface area contributed by atoms with Crippen LogP contribution < -0.4 is 5.73 Å². The van der Waals surface area contributed by atoms with Crippen LogP contribution in [0, 0.1) is 0 Å². The van der Waals surface area contributed by atoms with E-state index in [1.807, 2.05) is 18.2 Å². The fourth-order valence-electron chi connectivity index (χ4n) is 2.59. The highest BCUT2D eigenvalue weighted by Gasteiger charge is 2.20. The summed E-state index contributed by atoms with van der Waals surface area (Å²) in [4.78, 5) is 2.33. The van der Waals surface area contributed by atoms with Crippen LogP contribution in [0.3, 0.4) is 0 Å². The third-order valence-corrected chi connectivity index (χ3v) is 4.02. The maximum Gasteiger partial charge on any atom is 0.0586 e. The summed E-state index contributed by atoms with van der Waals surface area (Å²) in [5, 5.41) is 10.2. The molecule has 2 rings (SSSR count). The molecule has 1 saturated heterocycles. The largest absolute Gasteiger partial charge is 0.399 e. The van der Waals surface area contributed by atoms with E-state index in [9.17, 15) is 5.11 Å². The number of halogens is 1. The Morgan fingerprint density at radius 2 is 2.17 bits per heavy atom. The molecule has 0 bridgehead atoms. The highest BCUT2D eigenvalue weighted by molar-refractivity contribution is 6.31. The number of rotatable bonds is 3. The molecule has 0 aromatic heterocycles. The number of hydrogen-bond donors (Lipinski definition) is 2. The normalized spacial score (nSPS) is 21.8. The molecule has 0 radical (unpaired) electrons. The number of aliphatic hydroxyl groups excluding tert-OH is 1. The first-order valence-electron chi connectivity index (χ1n) is 6.59. The molecule has 1 atom stereocenters. The van der Waals surface area contributed by atoms with Gasteiger partial charge in [-0.25, -0.2) is 0 Å². The summed E-state index contributed by atoms with van der Waals surface area (Å²) in [5.74, 6) is 0. The van der Waals surface area contributed by atoms with Gasteiger partial charge in [-0.1, -0.05) is 24.4 Å². The van der Waals surface area contributed by atoms with Crippen molar-refractivity contribution in [1.82, 2.24) is 4.90 Å². The second kappa shape index (κ2) is 6.41. The van der Waals surface area contributed by atoms with Crippen molar-refractivity contribution in [3.8, 4) is 0 Å². The van der Waals surface area contributed by atoms with Crippen molar-refractivity contribution in [3.05, 3.63) is 28.8 Å². The topological polar surface area (TPSA) is 49.5 Å². The molecule has 3 nitrogen and oxygen atoms in total. The highest BCUT2D eigenvalue weighted by atomic mass is 35.5. The van der Waals surface area contributed by atoms with E-state index in [2.05, 4.69) is 4.90 Å². The minimum Gasteiger partial charge on any atom is -0.399 e. The van der Waals surface area contributed by atoms with Crippen LogP contribution >= 0.6 is 11.6 Å². The summed E-state index contributed by atoms with van der Waals surface area (Å²) in [6, 6.07) is 5.85. The van der Waals surface area contributed by atoms with Gasteiger partial charge >= 0.3 is 0 Å². The maximum atomic E-state index is 9.49. The highest BCUT2D eigenvalue weighted by Crippen LogP contribution is 2.24. The van der Waals surface area contributed by atoms with Gasteiger partial charge in [0.05, 0.1) is 6.61 Å². The predicted molar refractivity (Wildman–Crippen MR) is 75.6 cm³/mol. The van der Waals surface area contributed by atoms with Crippen molar-refractivity contribution in [3.63, 3.8) is 0 Å². The van der Waals surface area contributed by atoms with Gasteiger partial charge in [0.2, 0.25) is 0 Å². The second-order valence-corrected chi connectivity index (χ2v) is 5.41. The number of nitrogen functional groups attached to an aromatic ring is 1. The smallest absolute Gasteiger partial charge is 0.0586 e. The van der Waals surface area contributed by atoms with Gasteiger partial charge in [0.15, 0.2) is 0 Å². The van der Waals surface area contributed by atoms with E-state index >= 15 is 0 Å². The fourth-order valence-corrected chi connectivity index (χ4v) is 2.76. The molecule has 18 heavy (non-hydrogen) atoms. The Labute approximate surface area is 114 Å². The third-order valence-electron chi connectivity index (χ3n) is 3.65. The quantitative estimate of drug-likeness (QED) is 0.829. The first-order valence-corrected chi connectivity index (χ1v) is 6.97. The molecule has 4 heteroatoms. The lowest BCUT2D eigenvalue weighted by molar-refractivity contribution is 0.118. The Morgan fingerprint density at radius 1 is 1.33 bits per heavy atom. The van der Waals surface area contributed by atoms with Crippen LogP contribution in [-0.4, -0.2) is 29.2 Å². The van der Waals surface area contributed by atoms with Crippen LogP contribution in [0.2, 0.25) is 5.02 Å². The Balaban J connectivity index is 2.12. The van der Waals surface area contributed by atoms with E-state index in [0.29, 0.717) is 0 Å². The lowest BCUT2D eigenvalue weighted by Gasteiger charge is -2.28. The van der Waals surface area contributed by atoms with E-state index in [4.69, 9.17) is 17.3 Å². The van der Waals surface area contributed by atoms with Gasteiger partial charge in [0, 0.05) is 23.3 Å². The number of anilines is 1. The standard InChI is InChI=1S/C14H21ClN2O/c15-14-6-5-12(16)8-11(14)9-17-7-3-1-2-4-13(17)10-18/h5-6,8,13,18H,1-4,7,9-10,16H2. The molecule has 1 fully saturated rings. The molecule has 1 heterocycles. The van der Waals surface area contributed by atoms with Crippen molar-refractivity contribution >= 4 is 17.3 Å². The van der Waals surface area contributed by atoms with Crippen LogP contribution in [0.25, 0.3) is 0 Å². The van der Waals surface area contributed by atoms with Crippen molar-refractivity contribution in [2.24, 2.45) is 0 Å². The van der Waals surface area contributed by atoms with E-state index in [1.54, 1.807) is 0 Å². The third kappa shape index (κ3) is 3.37. The molecule has 1 aromatic carbocycles. The number of nitrogens with two attached hydrogens (primary N) is 1. The van der Waals surface area contributed by atoms with Crippen molar-refractivity contribution in [2.45, 2.75) is 38.3 Å². The molecule has 1 aliphatic rings. The summed E-state index contributed by atoms with van der Waals surface area (Å²) >= 11 is 6.20. The van der Waals surface area contributed by atoms with Gasteiger partial charge in [-0.3, -0.25) is 4.90 Å². The molecule has 0 amide bonds. The van der Waals surface area contributed by atoms with Crippen LogP contribution in [0.5, 0.6) is 0 Å². The van der Waals surface area contributed by atoms with Crippen LogP contribution in [0.15, 0.2) is 18.2 Å². The zero-order valence-corrected chi connectivity index (χ0v) is 11.4. The van der Waals surface area contributed by atoms with Crippen LogP contribution in [0.1, 0.15) is 31.2 Å². The van der Waals surface area contributed by atoms with E-state index < -0.39 is 0 Å². The van der Waals surface area contributed by atoms with Crippen molar-refractivity contribution < 1.29 is 5.11 Å². The van der Waals surface area contributed by atoms with Crippen LogP contribution in [0.4, 0.5) is 5.69 Å². The zero-order valence-electron chi connectivity index (χ0n) is 10.6. The van der Waals surface area contributed by atoms with Gasteiger partial charge in [0.1, 0.15) is 0 Å². The molecular weight excluding hydrogens is 248 g/mol. The van der Waals surface area contributed by atoms with E-state index in [0.717, 1.165) is 35.8 Å². The van der Waals surface area contributed by atoms with Gasteiger partial charge in [-0.2, -0.15) is 0 Å². The number of benzene rings is 1. The number of nitrogens with zero attached hydrogens (tertiary/aromatic N) is 1. The van der Waals surface area contributed by atoms with E-state index in [1.165, 1.54) is 19.3 Å². The Hall–Kier alpha value is -0.770. The van der Waals surface area contributed by atoms with Crippen molar-refractivity contribution in [1.29, 1.82) is 0 Å². The SMILES string of the molecule is Nc1ccc(Cl)c(CN2CCCCCC2CO)c1. The summed E-state index contributed by atoms with van der Waals surface area (Å²) < 4.78 is 0. The van der Waals surface area contributed by atoms with Gasteiger partial charge in [-0.15, -0.1) is 0 Å². The lowest BCUT2D eigenvalue weighted by atomic mass is 10.1. The van der Waals surface area contributed by atoms with Gasteiger partial charge < -0.3 is 10.8 Å². The maximum absolute atomic E-state index is 9.49. The fraction of sp³-hybridized carbons (Fsp3) is 0.571. The van der Waals surface area contributed by atoms with Gasteiger partial charge in [0.25, 0.3) is 0 Å². The molecule has 0 saturated carbocycles.